The fourth-order valence-corrected chi connectivity index (χ4v) is 3.01. The minimum atomic E-state index is 0.300. The lowest BCUT2D eigenvalue weighted by molar-refractivity contribution is 0.435. The summed E-state index contributed by atoms with van der Waals surface area (Å²) in [6.07, 6.45) is 2.59. The molecular formula is C15H19N5S. The summed E-state index contributed by atoms with van der Waals surface area (Å²) in [6, 6.07) is 11.0. The van der Waals surface area contributed by atoms with E-state index in [1.54, 1.807) is 0 Å². The Labute approximate surface area is 129 Å². The number of thiocarbonyl (C=S) groups is 1. The van der Waals surface area contributed by atoms with Crippen LogP contribution in [0.3, 0.4) is 0 Å². The monoisotopic (exact) mass is 301 g/mol. The Morgan fingerprint density at radius 1 is 1.24 bits per heavy atom. The summed E-state index contributed by atoms with van der Waals surface area (Å²) in [6.45, 7) is 2.14. The molecule has 0 saturated carbocycles. The summed E-state index contributed by atoms with van der Waals surface area (Å²) in [7, 11) is 0. The molecule has 0 unspecified atom stereocenters. The fraction of sp³-hybridized carbons (Fsp3) is 0.400. The summed E-state index contributed by atoms with van der Waals surface area (Å²) >= 11 is 5.20. The van der Waals surface area contributed by atoms with Crippen molar-refractivity contribution in [3.05, 3.63) is 47.5 Å². The number of hydrogen-bond acceptors (Lipinski definition) is 3. The van der Waals surface area contributed by atoms with Crippen LogP contribution in [0.25, 0.3) is 0 Å². The maximum atomic E-state index is 5.20. The molecule has 3 rings (SSSR count). The second kappa shape index (κ2) is 6.22. The number of benzene rings is 1. The predicted octanol–water partition coefficient (Wildman–Crippen LogP) is 1.56. The van der Waals surface area contributed by atoms with Crippen LogP contribution in [0.15, 0.2) is 30.3 Å². The molecule has 0 radical (unpaired) electrons. The molecule has 1 aromatic heterocycles. The topological polar surface area (TPSA) is 65.6 Å². The quantitative estimate of drug-likeness (QED) is 0.748. The zero-order valence-corrected chi connectivity index (χ0v) is 12.8. The molecule has 1 aliphatic heterocycles. The standard InChI is InChI=1S/C15H19N5S/c1-10-7-12(17-15(21)16-10)9-14-18-13(19-20-14)8-11-5-3-2-4-6-11/h2-6,10,12H,7-9H2,1H3,(H2,16,17,21)(H,18,19,20)/t10-,12+/m1/s1. The number of nitrogens with one attached hydrogen (secondary N) is 3. The Hall–Kier alpha value is -1.95. The molecule has 21 heavy (non-hydrogen) atoms. The minimum absolute atomic E-state index is 0.300. The first-order valence-electron chi connectivity index (χ1n) is 7.20. The maximum Gasteiger partial charge on any atom is 0.166 e. The highest BCUT2D eigenvalue weighted by atomic mass is 32.1. The number of aromatic amines is 1. The first-order chi connectivity index (χ1) is 10.2. The van der Waals surface area contributed by atoms with Crippen LogP contribution in [-0.4, -0.2) is 32.4 Å². The van der Waals surface area contributed by atoms with Crippen molar-refractivity contribution in [1.29, 1.82) is 0 Å². The second-order valence-corrected chi connectivity index (χ2v) is 5.92. The highest BCUT2D eigenvalue weighted by Crippen LogP contribution is 2.10. The van der Waals surface area contributed by atoms with E-state index in [4.69, 9.17) is 12.2 Å². The molecule has 1 saturated heterocycles. The van der Waals surface area contributed by atoms with Gasteiger partial charge in [0.05, 0.1) is 0 Å². The van der Waals surface area contributed by atoms with Crippen LogP contribution in [0.4, 0.5) is 0 Å². The lowest BCUT2D eigenvalue weighted by Gasteiger charge is -2.30. The molecule has 2 heterocycles. The number of rotatable bonds is 4. The van der Waals surface area contributed by atoms with Gasteiger partial charge in [0.2, 0.25) is 0 Å². The fourth-order valence-electron chi connectivity index (χ4n) is 2.64. The smallest absolute Gasteiger partial charge is 0.166 e. The molecule has 2 aromatic rings. The van der Waals surface area contributed by atoms with Crippen LogP contribution in [0.5, 0.6) is 0 Å². The van der Waals surface area contributed by atoms with Gasteiger partial charge in [-0.3, -0.25) is 5.10 Å². The lowest BCUT2D eigenvalue weighted by atomic mass is 10.0. The van der Waals surface area contributed by atoms with Crippen LogP contribution < -0.4 is 10.6 Å². The molecule has 6 heteroatoms. The summed E-state index contributed by atoms with van der Waals surface area (Å²) in [5, 5.41) is 14.6. The molecule has 5 nitrogen and oxygen atoms in total. The highest BCUT2D eigenvalue weighted by Gasteiger charge is 2.22. The van der Waals surface area contributed by atoms with Crippen molar-refractivity contribution in [3.8, 4) is 0 Å². The van der Waals surface area contributed by atoms with E-state index in [9.17, 15) is 0 Å². The molecule has 1 aromatic carbocycles. The Kier molecular flexibility index (Phi) is 4.15. The predicted molar refractivity (Wildman–Crippen MR) is 86.1 cm³/mol. The average molecular weight is 301 g/mol. The number of hydrogen-bond donors (Lipinski definition) is 3. The van der Waals surface area contributed by atoms with Gasteiger partial charge in [0, 0.05) is 24.9 Å². The van der Waals surface area contributed by atoms with Crippen LogP contribution in [0.1, 0.15) is 30.6 Å². The molecule has 0 aliphatic carbocycles. The van der Waals surface area contributed by atoms with E-state index < -0.39 is 0 Å². The van der Waals surface area contributed by atoms with Crippen LogP contribution >= 0.6 is 12.2 Å². The number of H-pyrrole nitrogens is 1. The largest absolute Gasteiger partial charge is 0.360 e. The lowest BCUT2D eigenvalue weighted by Crippen LogP contribution is -2.53. The highest BCUT2D eigenvalue weighted by molar-refractivity contribution is 7.80. The van der Waals surface area contributed by atoms with Gasteiger partial charge in [-0.25, -0.2) is 4.98 Å². The Bertz CT molecular complexity index is 610. The first kappa shape index (κ1) is 14.0. The van der Waals surface area contributed by atoms with Gasteiger partial charge in [-0.2, -0.15) is 5.10 Å². The molecule has 0 amide bonds. The third kappa shape index (κ3) is 3.78. The van der Waals surface area contributed by atoms with Crippen LogP contribution in [0.2, 0.25) is 0 Å². The van der Waals surface area contributed by atoms with Gasteiger partial charge in [0.15, 0.2) is 10.9 Å². The Balaban J connectivity index is 1.61. The minimum Gasteiger partial charge on any atom is -0.360 e. The summed E-state index contributed by atoms with van der Waals surface area (Å²) < 4.78 is 0. The van der Waals surface area contributed by atoms with Gasteiger partial charge < -0.3 is 10.6 Å². The van der Waals surface area contributed by atoms with E-state index in [2.05, 4.69) is 44.9 Å². The van der Waals surface area contributed by atoms with Gasteiger partial charge in [-0.15, -0.1) is 0 Å². The van der Waals surface area contributed by atoms with Crippen molar-refractivity contribution < 1.29 is 0 Å². The zero-order chi connectivity index (χ0) is 14.7. The van der Waals surface area contributed by atoms with Gasteiger partial charge >= 0.3 is 0 Å². The SMILES string of the molecule is C[C@@H]1C[C@@H](Cc2n[nH]c(Cc3ccccc3)n2)NC(=S)N1. The van der Waals surface area contributed by atoms with Gasteiger partial charge in [0.1, 0.15) is 5.82 Å². The van der Waals surface area contributed by atoms with Crippen LogP contribution in [0, 0.1) is 0 Å². The molecule has 110 valence electrons. The molecule has 1 aliphatic rings. The third-order valence-corrected chi connectivity index (χ3v) is 3.81. The summed E-state index contributed by atoms with van der Waals surface area (Å²) in [5.41, 5.74) is 1.23. The van der Waals surface area contributed by atoms with E-state index in [-0.39, 0.29) is 0 Å². The van der Waals surface area contributed by atoms with E-state index >= 15 is 0 Å². The van der Waals surface area contributed by atoms with Gasteiger partial charge in [0.25, 0.3) is 0 Å². The molecule has 0 spiro atoms. The first-order valence-corrected chi connectivity index (χ1v) is 7.61. The maximum absolute atomic E-state index is 5.20. The second-order valence-electron chi connectivity index (χ2n) is 5.52. The van der Waals surface area contributed by atoms with Crippen molar-refractivity contribution in [2.45, 2.75) is 38.3 Å². The normalized spacial score (nSPS) is 21.7. The van der Waals surface area contributed by atoms with Crippen molar-refractivity contribution in [3.63, 3.8) is 0 Å². The third-order valence-electron chi connectivity index (χ3n) is 3.57. The summed E-state index contributed by atoms with van der Waals surface area (Å²) in [4.78, 5) is 4.58. The molecule has 2 atom stereocenters. The zero-order valence-electron chi connectivity index (χ0n) is 12.0. The molecule has 3 N–H and O–H groups in total. The van der Waals surface area contributed by atoms with Gasteiger partial charge in [-0.05, 0) is 31.1 Å². The number of aromatic nitrogens is 3. The van der Waals surface area contributed by atoms with Crippen molar-refractivity contribution in [2.75, 3.05) is 0 Å². The van der Waals surface area contributed by atoms with E-state index in [0.29, 0.717) is 12.1 Å². The van der Waals surface area contributed by atoms with Crippen LogP contribution in [-0.2, 0) is 12.8 Å². The molecular weight excluding hydrogens is 282 g/mol. The Morgan fingerprint density at radius 2 is 2.05 bits per heavy atom. The van der Waals surface area contributed by atoms with Crippen molar-refractivity contribution in [1.82, 2.24) is 25.8 Å². The number of nitrogens with zero attached hydrogens (tertiary/aromatic N) is 2. The molecule has 1 fully saturated rings. The average Bonchev–Trinajstić information content (AvgIpc) is 2.86. The van der Waals surface area contributed by atoms with E-state index in [1.807, 2.05) is 18.2 Å². The summed E-state index contributed by atoms with van der Waals surface area (Å²) in [5.74, 6) is 1.75. The van der Waals surface area contributed by atoms with E-state index in [0.717, 1.165) is 36.0 Å². The van der Waals surface area contributed by atoms with Crippen molar-refractivity contribution >= 4 is 17.3 Å². The Morgan fingerprint density at radius 3 is 2.81 bits per heavy atom. The molecule has 0 bridgehead atoms. The van der Waals surface area contributed by atoms with Crippen molar-refractivity contribution in [2.24, 2.45) is 0 Å². The van der Waals surface area contributed by atoms with Gasteiger partial charge in [-0.1, -0.05) is 30.3 Å². The van der Waals surface area contributed by atoms with E-state index in [1.165, 1.54) is 5.56 Å².